The van der Waals surface area contributed by atoms with E-state index >= 15 is 0 Å². The number of benzene rings is 1. The van der Waals surface area contributed by atoms with Crippen LogP contribution in [0.5, 0.6) is 0 Å². The van der Waals surface area contributed by atoms with Gasteiger partial charge in [-0.15, -0.1) is 0 Å². The van der Waals surface area contributed by atoms with Crippen LogP contribution in [0.3, 0.4) is 0 Å². The first-order chi connectivity index (χ1) is 8.18. The Balaban J connectivity index is 2.33. The topological polar surface area (TPSA) is 42.2 Å². The predicted octanol–water partition coefficient (Wildman–Crippen LogP) is 2.91. The fraction of sp³-hybridized carbons (Fsp3) is 0.357. The van der Waals surface area contributed by atoms with Gasteiger partial charge in [-0.1, -0.05) is 18.2 Å². The second kappa shape index (κ2) is 3.62. The van der Waals surface area contributed by atoms with Crippen molar-refractivity contribution >= 4 is 16.9 Å². The van der Waals surface area contributed by atoms with Crippen LogP contribution in [0.4, 0.5) is 0 Å². The molecule has 3 rings (SSSR count). The largest absolute Gasteiger partial charge is 0.480 e. The van der Waals surface area contributed by atoms with Gasteiger partial charge in [-0.3, -0.25) is 0 Å². The molecule has 2 aromatic rings. The number of rotatable bonds is 1. The van der Waals surface area contributed by atoms with Gasteiger partial charge in [-0.25, -0.2) is 4.79 Å². The van der Waals surface area contributed by atoms with Crippen LogP contribution >= 0.6 is 0 Å². The van der Waals surface area contributed by atoms with Crippen LogP contribution < -0.4 is 0 Å². The second-order valence-corrected chi connectivity index (χ2v) is 4.76. The average molecular weight is 229 g/mol. The van der Waals surface area contributed by atoms with Gasteiger partial charge in [-0.05, 0) is 37.8 Å². The van der Waals surface area contributed by atoms with Gasteiger partial charge in [0.25, 0.3) is 0 Å². The highest BCUT2D eigenvalue weighted by Crippen LogP contribution is 2.33. The van der Waals surface area contributed by atoms with Gasteiger partial charge < -0.3 is 9.67 Å². The summed E-state index contributed by atoms with van der Waals surface area (Å²) in [5.41, 5.74) is 3.41. The van der Waals surface area contributed by atoms with Crippen molar-refractivity contribution in [1.82, 2.24) is 4.57 Å². The summed E-state index contributed by atoms with van der Waals surface area (Å²) >= 11 is 0. The molecule has 1 N–H and O–H groups in total. The number of carboxylic acid groups (broad SMARTS) is 1. The van der Waals surface area contributed by atoms with E-state index < -0.39 is 12.0 Å². The van der Waals surface area contributed by atoms with E-state index in [2.05, 4.69) is 12.1 Å². The van der Waals surface area contributed by atoms with Crippen molar-refractivity contribution in [3.05, 3.63) is 35.5 Å². The lowest BCUT2D eigenvalue weighted by atomic mass is 10.0. The highest BCUT2D eigenvalue weighted by molar-refractivity contribution is 5.87. The Labute approximate surface area is 99.7 Å². The fourth-order valence-electron chi connectivity index (χ4n) is 2.91. The molecule has 1 atom stereocenters. The number of aliphatic carboxylic acids is 1. The molecule has 0 saturated carbocycles. The zero-order valence-corrected chi connectivity index (χ0v) is 9.81. The van der Waals surface area contributed by atoms with E-state index in [0.717, 1.165) is 41.4 Å². The van der Waals surface area contributed by atoms with Crippen molar-refractivity contribution in [3.63, 3.8) is 0 Å². The maximum atomic E-state index is 11.3. The Hall–Kier alpha value is -1.77. The quantitative estimate of drug-likeness (QED) is 0.817. The predicted molar refractivity (Wildman–Crippen MR) is 66.3 cm³/mol. The van der Waals surface area contributed by atoms with Crippen LogP contribution in [0.15, 0.2) is 24.3 Å². The number of aryl methyl sites for hydroxylation is 2. The van der Waals surface area contributed by atoms with Crippen molar-refractivity contribution in [2.75, 3.05) is 0 Å². The lowest BCUT2D eigenvalue weighted by Crippen LogP contribution is -2.24. The molecule has 1 aliphatic rings. The van der Waals surface area contributed by atoms with Crippen molar-refractivity contribution in [2.45, 2.75) is 32.2 Å². The summed E-state index contributed by atoms with van der Waals surface area (Å²) in [6.45, 7) is 2.04. The summed E-state index contributed by atoms with van der Waals surface area (Å²) in [4.78, 5) is 11.3. The molecule has 0 amide bonds. The van der Waals surface area contributed by atoms with E-state index in [9.17, 15) is 9.90 Å². The van der Waals surface area contributed by atoms with Crippen LogP contribution in [0.25, 0.3) is 10.9 Å². The van der Waals surface area contributed by atoms with Crippen LogP contribution in [0.2, 0.25) is 0 Å². The highest BCUT2D eigenvalue weighted by atomic mass is 16.4. The van der Waals surface area contributed by atoms with Gasteiger partial charge in [0.1, 0.15) is 6.04 Å². The zero-order chi connectivity index (χ0) is 12.0. The SMILES string of the molecule is Cc1cccc2cc3n(c12)C(C(=O)O)CCC3. The minimum Gasteiger partial charge on any atom is -0.480 e. The van der Waals surface area contributed by atoms with Crippen LogP contribution in [0.1, 0.15) is 30.1 Å². The van der Waals surface area contributed by atoms with Crippen LogP contribution in [0, 0.1) is 6.92 Å². The van der Waals surface area contributed by atoms with Crippen molar-refractivity contribution < 1.29 is 9.90 Å². The van der Waals surface area contributed by atoms with Gasteiger partial charge in [-0.2, -0.15) is 0 Å². The zero-order valence-electron chi connectivity index (χ0n) is 9.81. The van der Waals surface area contributed by atoms with E-state index in [1.807, 2.05) is 23.6 Å². The first-order valence-corrected chi connectivity index (χ1v) is 6.00. The highest BCUT2D eigenvalue weighted by Gasteiger charge is 2.27. The Bertz CT molecular complexity index is 598. The summed E-state index contributed by atoms with van der Waals surface area (Å²) in [6, 6.07) is 7.88. The number of carboxylic acids is 1. The lowest BCUT2D eigenvalue weighted by molar-refractivity contribution is -0.141. The van der Waals surface area contributed by atoms with Crippen LogP contribution in [-0.2, 0) is 11.2 Å². The molecule has 0 aliphatic carbocycles. The summed E-state index contributed by atoms with van der Waals surface area (Å²) < 4.78 is 2.02. The third-order valence-corrected chi connectivity index (χ3v) is 3.65. The average Bonchev–Trinajstić information content (AvgIpc) is 2.67. The molecule has 17 heavy (non-hydrogen) atoms. The van der Waals surface area contributed by atoms with E-state index in [-0.39, 0.29) is 0 Å². The number of nitrogens with zero attached hydrogens (tertiary/aromatic N) is 1. The lowest BCUT2D eigenvalue weighted by Gasteiger charge is -2.24. The normalized spacial score (nSPS) is 19.2. The molecule has 1 aliphatic heterocycles. The molecule has 0 radical (unpaired) electrons. The standard InChI is InChI=1S/C14H15NO2/c1-9-4-2-5-10-8-11-6-3-7-12(14(16)17)15(11)13(9)10/h2,4-5,8,12H,3,6-7H2,1H3,(H,16,17). The third-order valence-electron chi connectivity index (χ3n) is 3.65. The first kappa shape index (κ1) is 10.4. The van der Waals surface area contributed by atoms with Crippen molar-refractivity contribution in [1.29, 1.82) is 0 Å². The molecule has 0 bridgehead atoms. The monoisotopic (exact) mass is 229 g/mol. The van der Waals surface area contributed by atoms with E-state index in [1.54, 1.807) is 0 Å². The molecule has 1 aromatic heterocycles. The molecule has 0 saturated heterocycles. The third kappa shape index (κ3) is 1.46. The number of para-hydroxylation sites is 1. The smallest absolute Gasteiger partial charge is 0.326 e. The number of hydrogen-bond donors (Lipinski definition) is 1. The molecule has 3 nitrogen and oxygen atoms in total. The van der Waals surface area contributed by atoms with E-state index in [4.69, 9.17) is 0 Å². The fourth-order valence-corrected chi connectivity index (χ4v) is 2.91. The summed E-state index contributed by atoms with van der Waals surface area (Å²) in [5, 5.41) is 10.5. The summed E-state index contributed by atoms with van der Waals surface area (Å²) in [7, 11) is 0. The molecule has 88 valence electrons. The molecule has 1 aromatic carbocycles. The second-order valence-electron chi connectivity index (χ2n) is 4.76. The summed E-state index contributed by atoms with van der Waals surface area (Å²) in [6.07, 6.45) is 2.69. The van der Waals surface area contributed by atoms with E-state index in [0.29, 0.717) is 0 Å². The Morgan fingerprint density at radius 2 is 2.29 bits per heavy atom. The molecular formula is C14H15NO2. The van der Waals surface area contributed by atoms with Crippen LogP contribution in [-0.4, -0.2) is 15.6 Å². The molecule has 0 spiro atoms. The van der Waals surface area contributed by atoms with Crippen molar-refractivity contribution in [2.24, 2.45) is 0 Å². The van der Waals surface area contributed by atoms with Crippen molar-refractivity contribution in [3.8, 4) is 0 Å². The first-order valence-electron chi connectivity index (χ1n) is 6.00. The maximum absolute atomic E-state index is 11.3. The number of hydrogen-bond acceptors (Lipinski definition) is 1. The minimum atomic E-state index is -0.716. The molecule has 2 heterocycles. The van der Waals surface area contributed by atoms with E-state index in [1.165, 1.54) is 0 Å². The molecule has 1 unspecified atom stereocenters. The molecular weight excluding hydrogens is 214 g/mol. The van der Waals surface area contributed by atoms with Gasteiger partial charge in [0, 0.05) is 11.1 Å². The van der Waals surface area contributed by atoms with Gasteiger partial charge in [0.05, 0.1) is 5.52 Å². The maximum Gasteiger partial charge on any atom is 0.326 e. The molecule has 3 heteroatoms. The Morgan fingerprint density at radius 1 is 1.47 bits per heavy atom. The van der Waals surface area contributed by atoms with Gasteiger partial charge >= 0.3 is 5.97 Å². The minimum absolute atomic E-state index is 0.391. The van der Waals surface area contributed by atoms with Gasteiger partial charge in [0.2, 0.25) is 0 Å². The number of fused-ring (bicyclic) bond motifs is 3. The van der Waals surface area contributed by atoms with Gasteiger partial charge in [0.15, 0.2) is 0 Å². The Kier molecular flexibility index (Phi) is 2.21. The molecule has 0 fully saturated rings. The Morgan fingerprint density at radius 3 is 3.06 bits per heavy atom. The number of carbonyl (C=O) groups is 1. The number of aromatic nitrogens is 1. The summed E-state index contributed by atoms with van der Waals surface area (Å²) in [5.74, 6) is -0.716.